The standard InChI is InChI=1S/C24H20N4O2S/c29-23(25-12-11-19-16-28-13-14-31-24(28)26-19)21-15-20(27-30-21)22(17-7-3-1-4-8-17)18-9-5-2-6-10-18/h1-10,13-16,22H,11-12H2,(H,25,29). The van der Waals surface area contributed by atoms with E-state index in [-0.39, 0.29) is 17.6 Å². The van der Waals surface area contributed by atoms with Crippen LogP contribution in [0.25, 0.3) is 4.96 Å². The van der Waals surface area contributed by atoms with Crippen molar-refractivity contribution in [3.8, 4) is 0 Å². The van der Waals surface area contributed by atoms with Gasteiger partial charge >= 0.3 is 0 Å². The summed E-state index contributed by atoms with van der Waals surface area (Å²) in [6, 6.07) is 21.9. The summed E-state index contributed by atoms with van der Waals surface area (Å²) in [6.07, 6.45) is 4.60. The molecule has 0 spiro atoms. The molecule has 0 bridgehead atoms. The molecule has 1 amide bonds. The molecule has 3 heterocycles. The summed E-state index contributed by atoms with van der Waals surface area (Å²) in [5.41, 5.74) is 3.83. The highest BCUT2D eigenvalue weighted by Crippen LogP contribution is 2.31. The highest BCUT2D eigenvalue weighted by Gasteiger charge is 2.22. The second-order valence-electron chi connectivity index (χ2n) is 7.20. The van der Waals surface area contributed by atoms with Gasteiger partial charge in [0.05, 0.1) is 17.3 Å². The second-order valence-corrected chi connectivity index (χ2v) is 8.07. The monoisotopic (exact) mass is 428 g/mol. The molecule has 2 aromatic carbocycles. The van der Waals surface area contributed by atoms with Crippen molar-refractivity contribution in [3.63, 3.8) is 0 Å². The number of carbonyl (C=O) groups is 1. The lowest BCUT2D eigenvalue weighted by Gasteiger charge is -2.15. The summed E-state index contributed by atoms with van der Waals surface area (Å²) in [5, 5.41) is 9.12. The van der Waals surface area contributed by atoms with Crippen molar-refractivity contribution in [1.29, 1.82) is 0 Å². The molecule has 0 aliphatic rings. The number of aromatic nitrogens is 3. The second kappa shape index (κ2) is 8.57. The topological polar surface area (TPSA) is 72.4 Å². The van der Waals surface area contributed by atoms with Crippen molar-refractivity contribution < 1.29 is 9.32 Å². The van der Waals surface area contributed by atoms with Gasteiger partial charge in [-0.25, -0.2) is 4.98 Å². The molecule has 0 aliphatic carbocycles. The summed E-state index contributed by atoms with van der Waals surface area (Å²) >= 11 is 1.59. The highest BCUT2D eigenvalue weighted by molar-refractivity contribution is 7.15. The molecule has 7 heteroatoms. The van der Waals surface area contributed by atoms with E-state index < -0.39 is 0 Å². The van der Waals surface area contributed by atoms with Gasteiger partial charge < -0.3 is 9.84 Å². The van der Waals surface area contributed by atoms with E-state index in [1.54, 1.807) is 17.4 Å². The predicted octanol–water partition coefficient (Wildman–Crippen LogP) is 4.54. The van der Waals surface area contributed by atoms with Crippen LogP contribution in [0, 0.1) is 0 Å². The summed E-state index contributed by atoms with van der Waals surface area (Å²) in [6.45, 7) is 0.473. The van der Waals surface area contributed by atoms with Crippen LogP contribution in [-0.2, 0) is 6.42 Å². The minimum atomic E-state index is -0.278. The first-order valence-corrected chi connectivity index (χ1v) is 10.9. The van der Waals surface area contributed by atoms with E-state index in [9.17, 15) is 4.79 Å². The molecule has 31 heavy (non-hydrogen) atoms. The van der Waals surface area contributed by atoms with Crippen LogP contribution < -0.4 is 5.32 Å². The molecule has 0 fully saturated rings. The van der Waals surface area contributed by atoms with Crippen LogP contribution in [0.5, 0.6) is 0 Å². The largest absolute Gasteiger partial charge is 0.351 e. The van der Waals surface area contributed by atoms with Crippen LogP contribution in [0.1, 0.15) is 39.0 Å². The van der Waals surface area contributed by atoms with Gasteiger partial charge in [0.1, 0.15) is 0 Å². The first-order valence-electron chi connectivity index (χ1n) is 10.0. The Labute approximate surface area is 183 Å². The molecule has 0 saturated carbocycles. The maximum absolute atomic E-state index is 12.6. The van der Waals surface area contributed by atoms with Crippen molar-refractivity contribution in [2.24, 2.45) is 0 Å². The number of nitrogens with zero attached hydrogens (tertiary/aromatic N) is 3. The molecule has 3 aromatic heterocycles. The number of benzene rings is 2. The van der Waals surface area contributed by atoms with Gasteiger partial charge in [-0.1, -0.05) is 65.8 Å². The molecule has 5 aromatic rings. The lowest BCUT2D eigenvalue weighted by molar-refractivity contribution is 0.0917. The third kappa shape index (κ3) is 4.13. The lowest BCUT2D eigenvalue weighted by atomic mass is 9.88. The Hall–Kier alpha value is -3.71. The lowest BCUT2D eigenvalue weighted by Crippen LogP contribution is -2.25. The summed E-state index contributed by atoms with van der Waals surface area (Å²) in [4.78, 5) is 18.1. The SMILES string of the molecule is O=C(NCCc1cn2ccsc2n1)c1cc(C(c2ccccc2)c2ccccc2)no1. The van der Waals surface area contributed by atoms with Gasteiger partial charge in [-0.2, -0.15) is 0 Å². The van der Waals surface area contributed by atoms with Gasteiger partial charge in [-0.3, -0.25) is 9.20 Å². The van der Waals surface area contributed by atoms with E-state index in [2.05, 4.69) is 39.7 Å². The molecule has 154 valence electrons. The van der Waals surface area contributed by atoms with Crippen LogP contribution in [-0.4, -0.2) is 27.0 Å². The van der Waals surface area contributed by atoms with Crippen molar-refractivity contribution in [2.75, 3.05) is 6.54 Å². The minimum Gasteiger partial charge on any atom is -0.351 e. The van der Waals surface area contributed by atoms with Crippen molar-refractivity contribution >= 4 is 22.2 Å². The number of thiazole rings is 1. The number of amides is 1. The van der Waals surface area contributed by atoms with Gasteiger partial charge in [0.25, 0.3) is 5.91 Å². The molecule has 6 nitrogen and oxygen atoms in total. The van der Waals surface area contributed by atoms with Gasteiger partial charge in [0.2, 0.25) is 5.76 Å². The zero-order chi connectivity index (χ0) is 21.0. The number of fused-ring (bicyclic) bond motifs is 1. The summed E-state index contributed by atoms with van der Waals surface area (Å²) in [5.74, 6) is -0.177. The van der Waals surface area contributed by atoms with Gasteiger partial charge in [0.15, 0.2) is 4.96 Å². The number of carbonyl (C=O) groups excluding carboxylic acids is 1. The Morgan fingerprint density at radius 3 is 2.45 bits per heavy atom. The number of hydrogen-bond donors (Lipinski definition) is 1. The van der Waals surface area contributed by atoms with Gasteiger partial charge in [-0.15, -0.1) is 11.3 Å². The van der Waals surface area contributed by atoms with Crippen molar-refractivity contribution in [3.05, 3.63) is 113 Å². The Balaban J connectivity index is 1.30. The minimum absolute atomic E-state index is 0.105. The molecule has 0 radical (unpaired) electrons. The Kier molecular flexibility index (Phi) is 5.33. The predicted molar refractivity (Wildman–Crippen MR) is 119 cm³/mol. The van der Waals surface area contributed by atoms with Crippen LogP contribution in [0.3, 0.4) is 0 Å². The fourth-order valence-electron chi connectivity index (χ4n) is 3.64. The van der Waals surface area contributed by atoms with E-state index in [1.165, 1.54) is 0 Å². The highest BCUT2D eigenvalue weighted by atomic mass is 32.1. The fraction of sp³-hybridized carbons (Fsp3) is 0.125. The maximum Gasteiger partial charge on any atom is 0.289 e. The third-order valence-corrected chi connectivity index (χ3v) is 5.89. The normalized spacial score (nSPS) is 11.3. The average molecular weight is 429 g/mol. The summed E-state index contributed by atoms with van der Waals surface area (Å²) in [7, 11) is 0. The zero-order valence-corrected chi connectivity index (χ0v) is 17.5. The average Bonchev–Trinajstić information content (AvgIpc) is 3.52. The van der Waals surface area contributed by atoms with Crippen LogP contribution in [0.15, 0.2) is 89.0 Å². The van der Waals surface area contributed by atoms with Crippen molar-refractivity contribution in [2.45, 2.75) is 12.3 Å². The van der Waals surface area contributed by atoms with E-state index >= 15 is 0 Å². The van der Waals surface area contributed by atoms with Gasteiger partial charge in [0, 0.05) is 36.8 Å². The molecule has 0 atom stereocenters. The quantitative estimate of drug-likeness (QED) is 0.413. The van der Waals surface area contributed by atoms with E-state index in [0.29, 0.717) is 18.7 Å². The molecule has 0 aliphatic heterocycles. The number of hydrogen-bond acceptors (Lipinski definition) is 5. The van der Waals surface area contributed by atoms with E-state index in [1.807, 2.05) is 58.6 Å². The fourth-order valence-corrected chi connectivity index (χ4v) is 4.36. The molecule has 1 N–H and O–H groups in total. The molecule has 0 saturated heterocycles. The van der Waals surface area contributed by atoms with Gasteiger partial charge in [-0.05, 0) is 11.1 Å². The Morgan fingerprint density at radius 1 is 1.06 bits per heavy atom. The van der Waals surface area contributed by atoms with Crippen LogP contribution in [0.2, 0.25) is 0 Å². The number of rotatable bonds is 7. The zero-order valence-electron chi connectivity index (χ0n) is 16.6. The van der Waals surface area contributed by atoms with E-state index in [4.69, 9.17) is 4.52 Å². The molecular weight excluding hydrogens is 408 g/mol. The Bertz CT molecular complexity index is 1220. The van der Waals surface area contributed by atoms with Crippen LogP contribution >= 0.6 is 11.3 Å². The first-order chi connectivity index (χ1) is 15.3. The number of nitrogens with one attached hydrogen (secondary N) is 1. The summed E-state index contributed by atoms with van der Waals surface area (Å²) < 4.78 is 7.39. The first kappa shape index (κ1) is 19.3. The molecule has 0 unspecified atom stereocenters. The van der Waals surface area contributed by atoms with E-state index in [0.717, 1.165) is 21.8 Å². The molecular formula is C24H20N4O2S. The number of imidazole rings is 1. The Morgan fingerprint density at radius 2 is 1.77 bits per heavy atom. The van der Waals surface area contributed by atoms with Crippen molar-refractivity contribution in [1.82, 2.24) is 19.9 Å². The van der Waals surface area contributed by atoms with Crippen LogP contribution in [0.4, 0.5) is 0 Å². The molecule has 5 rings (SSSR count). The third-order valence-electron chi connectivity index (χ3n) is 5.12. The maximum atomic E-state index is 12.6. The smallest absolute Gasteiger partial charge is 0.289 e.